The summed E-state index contributed by atoms with van der Waals surface area (Å²) in [5, 5.41) is 8.87. The lowest BCUT2D eigenvalue weighted by molar-refractivity contribution is -0.295. The molecule has 0 saturated carbocycles. The van der Waals surface area contributed by atoms with Gasteiger partial charge < -0.3 is 10.1 Å². The van der Waals surface area contributed by atoms with Crippen molar-refractivity contribution < 1.29 is 4.74 Å². The highest BCUT2D eigenvalue weighted by molar-refractivity contribution is 4.95. The Bertz CT molecular complexity index is 357. The first-order valence-electron chi connectivity index (χ1n) is 9.72. The fourth-order valence-electron chi connectivity index (χ4n) is 4.91. The minimum Gasteiger partial charge on any atom is -0.375 e. The van der Waals surface area contributed by atoms with Crippen molar-refractivity contribution in [1.82, 2.24) is 25.1 Å². The van der Waals surface area contributed by atoms with E-state index in [0.29, 0.717) is 0 Å². The van der Waals surface area contributed by atoms with Crippen LogP contribution in [0.15, 0.2) is 0 Å². The van der Waals surface area contributed by atoms with E-state index in [0.717, 1.165) is 45.9 Å². The van der Waals surface area contributed by atoms with Crippen molar-refractivity contribution in [3.05, 3.63) is 0 Å². The van der Waals surface area contributed by atoms with Crippen LogP contribution >= 0.6 is 0 Å². The molecule has 0 aliphatic carbocycles. The molecule has 132 valence electrons. The zero-order valence-corrected chi connectivity index (χ0v) is 14.5. The SMILES string of the molecule is C1CCN(C2(N3CCNCC3)COCCN2N2CCCC2)CC1. The van der Waals surface area contributed by atoms with Gasteiger partial charge in [0.1, 0.15) is 0 Å². The summed E-state index contributed by atoms with van der Waals surface area (Å²) in [6, 6.07) is 0. The van der Waals surface area contributed by atoms with Gasteiger partial charge in [0.15, 0.2) is 5.79 Å². The number of nitrogens with one attached hydrogen (secondary N) is 1. The van der Waals surface area contributed by atoms with Crippen molar-refractivity contribution in [2.45, 2.75) is 37.9 Å². The highest BCUT2D eigenvalue weighted by atomic mass is 16.5. The van der Waals surface area contributed by atoms with Gasteiger partial charge in [0, 0.05) is 58.9 Å². The molecular formula is C17H33N5O. The van der Waals surface area contributed by atoms with E-state index in [9.17, 15) is 0 Å². The molecule has 6 heteroatoms. The monoisotopic (exact) mass is 323 g/mol. The molecule has 4 fully saturated rings. The lowest BCUT2D eigenvalue weighted by atomic mass is 10.1. The molecule has 4 aliphatic rings. The summed E-state index contributed by atoms with van der Waals surface area (Å²) in [6.45, 7) is 12.1. The Morgan fingerprint density at radius 1 is 0.696 bits per heavy atom. The Balaban J connectivity index is 1.65. The zero-order valence-electron chi connectivity index (χ0n) is 14.5. The molecule has 1 N–H and O–H groups in total. The highest BCUT2D eigenvalue weighted by Gasteiger charge is 2.52. The molecule has 0 amide bonds. The molecular weight excluding hydrogens is 290 g/mol. The normalized spacial score (nSPS) is 36.5. The van der Waals surface area contributed by atoms with Gasteiger partial charge in [-0.25, -0.2) is 10.0 Å². The molecule has 4 rings (SSSR count). The number of hydrogen-bond acceptors (Lipinski definition) is 6. The van der Waals surface area contributed by atoms with Crippen molar-refractivity contribution in [2.75, 3.05) is 72.1 Å². The molecule has 0 aromatic carbocycles. The first-order valence-corrected chi connectivity index (χ1v) is 9.72. The lowest BCUT2D eigenvalue weighted by Crippen LogP contribution is -2.79. The van der Waals surface area contributed by atoms with E-state index in [2.05, 4.69) is 25.1 Å². The third kappa shape index (κ3) is 3.05. The standard InChI is InChI=1S/C17H33N5O/c1-2-8-19(9-3-1)17(20-12-6-18-7-13-20)16-23-15-14-22(17)21-10-4-5-11-21/h18H,1-16H2. The maximum Gasteiger partial charge on any atom is 0.168 e. The fourth-order valence-corrected chi connectivity index (χ4v) is 4.91. The topological polar surface area (TPSA) is 34.2 Å². The zero-order chi connectivity index (χ0) is 15.5. The highest BCUT2D eigenvalue weighted by Crippen LogP contribution is 2.34. The van der Waals surface area contributed by atoms with Crippen LogP contribution in [0.1, 0.15) is 32.1 Å². The summed E-state index contributed by atoms with van der Waals surface area (Å²) < 4.78 is 6.11. The third-order valence-electron chi connectivity index (χ3n) is 6.07. The van der Waals surface area contributed by atoms with Gasteiger partial charge >= 0.3 is 0 Å². The number of hydrazine groups is 1. The fraction of sp³-hybridized carbons (Fsp3) is 1.00. The summed E-state index contributed by atoms with van der Waals surface area (Å²) in [4.78, 5) is 5.46. The lowest BCUT2D eigenvalue weighted by Gasteiger charge is -2.61. The smallest absolute Gasteiger partial charge is 0.168 e. The molecule has 4 saturated heterocycles. The van der Waals surface area contributed by atoms with Crippen molar-refractivity contribution in [3.8, 4) is 0 Å². The van der Waals surface area contributed by atoms with Crippen LogP contribution in [0.25, 0.3) is 0 Å². The van der Waals surface area contributed by atoms with Crippen LogP contribution < -0.4 is 5.32 Å². The Kier molecular flexibility index (Phi) is 5.18. The number of morpholine rings is 1. The molecule has 23 heavy (non-hydrogen) atoms. The Morgan fingerprint density at radius 3 is 2.09 bits per heavy atom. The van der Waals surface area contributed by atoms with Crippen LogP contribution in [0.4, 0.5) is 0 Å². The van der Waals surface area contributed by atoms with Crippen LogP contribution in [0.5, 0.6) is 0 Å². The maximum absolute atomic E-state index is 6.11. The second-order valence-electron chi connectivity index (χ2n) is 7.40. The molecule has 0 bridgehead atoms. The summed E-state index contributed by atoms with van der Waals surface area (Å²) in [6.07, 6.45) is 6.74. The van der Waals surface area contributed by atoms with Gasteiger partial charge in [0.25, 0.3) is 0 Å². The number of likely N-dealkylation sites (tertiary alicyclic amines) is 1. The molecule has 1 unspecified atom stereocenters. The van der Waals surface area contributed by atoms with Crippen LogP contribution in [0.3, 0.4) is 0 Å². The average Bonchev–Trinajstić information content (AvgIpc) is 3.17. The van der Waals surface area contributed by atoms with E-state index >= 15 is 0 Å². The first-order chi connectivity index (χ1) is 11.4. The van der Waals surface area contributed by atoms with E-state index in [1.165, 1.54) is 58.3 Å². The van der Waals surface area contributed by atoms with Crippen molar-refractivity contribution >= 4 is 0 Å². The van der Waals surface area contributed by atoms with E-state index in [4.69, 9.17) is 4.74 Å². The van der Waals surface area contributed by atoms with Crippen LogP contribution in [-0.2, 0) is 4.74 Å². The molecule has 6 nitrogen and oxygen atoms in total. The number of ether oxygens (including phenoxy) is 1. The second-order valence-corrected chi connectivity index (χ2v) is 7.40. The first kappa shape index (κ1) is 16.2. The summed E-state index contributed by atoms with van der Waals surface area (Å²) in [5.74, 6) is -0.0366. The molecule has 0 aromatic rings. The van der Waals surface area contributed by atoms with Gasteiger partial charge in [0.2, 0.25) is 0 Å². The molecule has 4 aliphatic heterocycles. The molecule has 0 radical (unpaired) electrons. The predicted molar refractivity (Wildman–Crippen MR) is 90.9 cm³/mol. The average molecular weight is 323 g/mol. The Labute approximate surface area is 140 Å². The van der Waals surface area contributed by atoms with Crippen LogP contribution in [0.2, 0.25) is 0 Å². The number of piperidine rings is 1. The van der Waals surface area contributed by atoms with Gasteiger partial charge in [-0.15, -0.1) is 0 Å². The van der Waals surface area contributed by atoms with Gasteiger partial charge in [-0.3, -0.25) is 9.80 Å². The quantitative estimate of drug-likeness (QED) is 0.809. The third-order valence-corrected chi connectivity index (χ3v) is 6.07. The minimum absolute atomic E-state index is 0.0366. The van der Waals surface area contributed by atoms with Crippen molar-refractivity contribution in [2.24, 2.45) is 0 Å². The van der Waals surface area contributed by atoms with Gasteiger partial charge in [-0.2, -0.15) is 0 Å². The van der Waals surface area contributed by atoms with Gasteiger partial charge in [-0.1, -0.05) is 6.42 Å². The minimum atomic E-state index is -0.0366. The maximum atomic E-state index is 6.11. The summed E-state index contributed by atoms with van der Waals surface area (Å²) in [5.41, 5.74) is 0. The van der Waals surface area contributed by atoms with E-state index in [1.54, 1.807) is 0 Å². The van der Waals surface area contributed by atoms with Crippen molar-refractivity contribution in [3.63, 3.8) is 0 Å². The largest absolute Gasteiger partial charge is 0.375 e. The van der Waals surface area contributed by atoms with Crippen molar-refractivity contribution in [1.29, 1.82) is 0 Å². The van der Waals surface area contributed by atoms with Gasteiger partial charge in [0.05, 0.1) is 13.2 Å². The summed E-state index contributed by atoms with van der Waals surface area (Å²) in [7, 11) is 0. The predicted octanol–water partition coefficient (Wildman–Crippen LogP) is 0.374. The number of rotatable bonds is 3. The van der Waals surface area contributed by atoms with Crippen LogP contribution in [0, 0.1) is 0 Å². The van der Waals surface area contributed by atoms with Crippen LogP contribution in [-0.4, -0.2) is 97.7 Å². The number of nitrogens with zero attached hydrogens (tertiary/aromatic N) is 4. The Morgan fingerprint density at radius 2 is 1.35 bits per heavy atom. The van der Waals surface area contributed by atoms with E-state index in [1.807, 2.05) is 0 Å². The van der Waals surface area contributed by atoms with E-state index < -0.39 is 0 Å². The molecule has 4 heterocycles. The summed E-state index contributed by atoms with van der Waals surface area (Å²) >= 11 is 0. The Hall–Kier alpha value is -0.240. The van der Waals surface area contributed by atoms with Gasteiger partial charge in [-0.05, 0) is 25.7 Å². The number of hydrogen-bond donors (Lipinski definition) is 1. The molecule has 1 atom stereocenters. The number of piperazine rings is 1. The van der Waals surface area contributed by atoms with E-state index in [-0.39, 0.29) is 5.79 Å². The molecule has 0 spiro atoms. The molecule has 0 aromatic heterocycles. The second kappa shape index (κ2) is 7.33.